The average Bonchev–Trinajstić information content (AvgIpc) is 3.40. The lowest BCUT2D eigenvalue weighted by molar-refractivity contribution is 0.0921. The van der Waals surface area contributed by atoms with Crippen LogP contribution in [0.15, 0.2) is 39.9 Å². The summed E-state index contributed by atoms with van der Waals surface area (Å²) in [5.74, 6) is 1.39. The molecule has 3 fully saturated rings. The number of H-pyrrole nitrogens is 2. The van der Waals surface area contributed by atoms with Crippen LogP contribution in [0.1, 0.15) is 73.3 Å². The van der Waals surface area contributed by atoms with Crippen molar-refractivity contribution in [3.05, 3.63) is 62.4 Å². The Bertz CT molecular complexity index is 1050. The van der Waals surface area contributed by atoms with Gasteiger partial charge in [-0.2, -0.15) is 0 Å². The second kappa shape index (κ2) is 8.36. The SMILES string of the molecule is O=C(NC1CCC(c2ccccc2)CC1)c1[nH]c(=O)[nH]c(=O)c1N[C@@H]1C[C@@H]2CC[C@@H]1C2. The molecule has 5 rings (SSSR count). The molecule has 31 heavy (non-hydrogen) atoms. The van der Waals surface area contributed by atoms with Crippen LogP contribution in [0.5, 0.6) is 0 Å². The van der Waals surface area contributed by atoms with E-state index >= 15 is 0 Å². The highest BCUT2D eigenvalue weighted by Crippen LogP contribution is 2.45. The van der Waals surface area contributed by atoms with Crippen molar-refractivity contribution in [2.24, 2.45) is 11.8 Å². The van der Waals surface area contributed by atoms with Gasteiger partial charge in [-0.3, -0.25) is 14.6 Å². The van der Waals surface area contributed by atoms with Gasteiger partial charge < -0.3 is 15.6 Å². The molecule has 1 heterocycles. The lowest BCUT2D eigenvalue weighted by Crippen LogP contribution is -2.41. The third kappa shape index (κ3) is 4.18. The number of fused-ring (bicyclic) bond motifs is 2. The van der Waals surface area contributed by atoms with Gasteiger partial charge in [0, 0.05) is 12.1 Å². The van der Waals surface area contributed by atoms with Gasteiger partial charge in [-0.05, 0) is 68.3 Å². The Hall–Kier alpha value is -2.83. The first-order valence-corrected chi connectivity index (χ1v) is 11.6. The van der Waals surface area contributed by atoms with Crippen molar-refractivity contribution in [2.45, 2.75) is 69.4 Å². The fourth-order valence-electron chi connectivity index (χ4n) is 5.96. The summed E-state index contributed by atoms with van der Waals surface area (Å²) < 4.78 is 0. The Morgan fingerprint density at radius 2 is 1.68 bits per heavy atom. The fraction of sp³-hybridized carbons (Fsp3) is 0.542. The largest absolute Gasteiger partial charge is 0.376 e. The number of anilines is 1. The van der Waals surface area contributed by atoms with Crippen LogP contribution < -0.4 is 21.9 Å². The summed E-state index contributed by atoms with van der Waals surface area (Å²) in [6, 6.07) is 10.7. The molecule has 4 N–H and O–H groups in total. The Morgan fingerprint density at radius 3 is 2.35 bits per heavy atom. The minimum Gasteiger partial charge on any atom is -0.376 e. The molecule has 164 valence electrons. The van der Waals surface area contributed by atoms with Crippen LogP contribution in [0.3, 0.4) is 0 Å². The normalized spacial score (nSPS) is 29.6. The van der Waals surface area contributed by atoms with Crippen molar-refractivity contribution in [2.75, 3.05) is 5.32 Å². The van der Waals surface area contributed by atoms with Gasteiger partial charge in [0.15, 0.2) is 0 Å². The molecule has 3 saturated carbocycles. The summed E-state index contributed by atoms with van der Waals surface area (Å²) >= 11 is 0. The highest BCUT2D eigenvalue weighted by atomic mass is 16.2. The van der Waals surface area contributed by atoms with E-state index in [1.54, 1.807) is 0 Å². The van der Waals surface area contributed by atoms with Crippen LogP contribution in [0, 0.1) is 11.8 Å². The first kappa shape index (κ1) is 20.1. The molecule has 7 heteroatoms. The van der Waals surface area contributed by atoms with Gasteiger partial charge in [0.25, 0.3) is 11.5 Å². The standard InChI is InChI=1S/C24H30N4O3/c29-22(25-18-10-8-16(9-11-18)15-4-2-1-3-5-15)21-20(23(30)28-24(31)27-21)26-19-13-14-6-7-17(19)12-14/h1-5,14,16-19,26H,6-13H2,(H,25,29)(H2,27,28,30,31)/t14-,16?,17-,18?,19-/m1/s1. The van der Waals surface area contributed by atoms with Gasteiger partial charge in [0.1, 0.15) is 11.4 Å². The summed E-state index contributed by atoms with van der Waals surface area (Å²) in [5.41, 5.74) is 0.434. The lowest BCUT2D eigenvalue weighted by Gasteiger charge is -2.29. The molecule has 0 radical (unpaired) electrons. The van der Waals surface area contributed by atoms with Crippen LogP contribution in [0.25, 0.3) is 0 Å². The van der Waals surface area contributed by atoms with E-state index in [-0.39, 0.29) is 29.4 Å². The number of rotatable bonds is 5. The maximum absolute atomic E-state index is 13.0. The van der Waals surface area contributed by atoms with E-state index in [9.17, 15) is 14.4 Å². The zero-order chi connectivity index (χ0) is 21.4. The monoisotopic (exact) mass is 422 g/mol. The lowest BCUT2D eigenvalue weighted by atomic mass is 9.82. The first-order valence-electron chi connectivity index (χ1n) is 11.6. The summed E-state index contributed by atoms with van der Waals surface area (Å²) in [5, 5.41) is 6.37. The number of nitrogens with one attached hydrogen (secondary N) is 4. The molecule has 1 amide bonds. The van der Waals surface area contributed by atoms with Crippen molar-refractivity contribution in [3.63, 3.8) is 0 Å². The summed E-state index contributed by atoms with van der Waals surface area (Å²) in [4.78, 5) is 42.3. The van der Waals surface area contributed by atoms with Gasteiger partial charge in [-0.1, -0.05) is 36.8 Å². The maximum Gasteiger partial charge on any atom is 0.326 e. The minimum atomic E-state index is -0.651. The molecule has 3 aliphatic carbocycles. The number of carbonyl (C=O) groups excluding carboxylic acids is 1. The Morgan fingerprint density at radius 1 is 0.903 bits per heavy atom. The van der Waals surface area contributed by atoms with Gasteiger partial charge in [-0.25, -0.2) is 4.79 Å². The van der Waals surface area contributed by atoms with Crippen LogP contribution in [-0.2, 0) is 0 Å². The number of carbonyl (C=O) groups is 1. The molecule has 1 aromatic carbocycles. The molecule has 3 aliphatic rings. The number of benzene rings is 1. The van der Waals surface area contributed by atoms with E-state index in [4.69, 9.17) is 0 Å². The smallest absolute Gasteiger partial charge is 0.326 e. The van der Waals surface area contributed by atoms with E-state index in [1.807, 2.05) is 6.07 Å². The van der Waals surface area contributed by atoms with Crippen LogP contribution >= 0.6 is 0 Å². The van der Waals surface area contributed by atoms with Crippen LogP contribution in [-0.4, -0.2) is 28.0 Å². The zero-order valence-corrected chi connectivity index (χ0v) is 17.7. The van der Waals surface area contributed by atoms with Crippen molar-refractivity contribution in [1.82, 2.24) is 15.3 Å². The van der Waals surface area contributed by atoms with Crippen molar-refractivity contribution < 1.29 is 4.79 Å². The Balaban J connectivity index is 1.27. The van der Waals surface area contributed by atoms with Crippen molar-refractivity contribution in [1.29, 1.82) is 0 Å². The molecule has 0 spiro atoms. The molecule has 0 unspecified atom stereocenters. The number of aromatic nitrogens is 2. The zero-order valence-electron chi connectivity index (χ0n) is 17.7. The molecule has 3 atom stereocenters. The van der Waals surface area contributed by atoms with E-state index in [0.717, 1.165) is 38.5 Å². The summed E-state index contributed by atoms with van der Waals surface area (Å²) in [6.45, 7) is 0. The van der Waals surface area contributed by atoms with E-state index in [0.29, 0.717) is 17.8 Å². The average molecular weight is 423 g/mol. The molecule has 2 aromatic rings. The Labute approximate surface area is 181 Å². The summed E-state index contributed by atoms with van der Waals surface area (Å²) in [6.07, 6.45) is 8.41. The maximum atomic E-state index is 13.0. The third-order valence-electron chi connectivity index (χ3n) is 7.57. The Kier molecular flexibility index (Phi) is 5.42. The van der Waals surface area contributed by atoms with Gasteiger partial charge >= 0.3 is 5.69 Å². The highest BCUT2D eigenvalue weighted by Gasteiger charge is 2.40. The quantitative estimate of drug-likeness (QED) is 0.594. The van der Waals surface area contributed by atoms with Gasteiger partial charge in [0.2, 0.25) is 0 Å². The number of aromatic amines is 2. The molecule has 7 nitrogen and oxygen atoms in total. The van der Waals surface area contributed by atoms with E-state index in [1.165, 1.54) is 18.4 Å². The third-order valence-corrected chi connectivity index (χ3v) is 7.57. The van der Waals surface area contributed by atoms with Crippen LogP contribution in [0.4, 0.5) is 5.69 Å². The summed E-state index contributed by atoms with van der Waals surface area (Å²) in [7, 11) is 0. The topological polar surface area (TPSA) is 107 Å². The highest BCUT2D eigenvalue weighted by molar-refractivity contribution is 5.97. The predicted octanol–water partition coefficient (Wildman–Crippen LogP) is 3.12. The second-order valence-electron chi connectivity index (χ2n) is 9.52. The molecule has 1 aromatic heterocycles. The molecule has 2 bridgehead atoms. The first-order chi connectivity index (χ1) is 15.1. The molecular formula is C24H30N4O3. The van der Waals surface area contributed by atoms with Gasteiger partial charge in [-0.15, -0.1) is 0 Å². The molecule has 0 saturated heterocycles. The molecular weight excluding hydrogens is 392 g/mol. The number of hydrogen-bond donors (Lipinski definition) is 4. The van der Waals surface area contributed by atoms with Crippen molar-refractivity contribution in [3.8, 4) is 0 Å². The fourth-order valence-corrected chi connectivity index (χ4v) is 5.96. The number of hydrogen-bond acceptors (Lipinski definition) is 4. The second-order valence-corrected chi connectivity index (χ2v) is 9.52. The molecule has 0 aliphatic heterocycles. The van der Waals surface area contributed by atoms with E-state index in [2.05, 4.69) is 44.9 Å². The van der Waals surface area contributed by atoms with Crippen LogP contribution in [0.2, 0.25) is 0 Å². The minimum absolute atomic E-state index is 0.0468. The van der Waals surface area contributed by atoms with Crippen molar-refractivity contribution >= 4 is 11.6 Å². The predicted molar refractivity (Wildman–Crippen MR) is 119 cm³/mol. The van der Waals surface area contributed by atoms with E-state index < -0.39 is 11.2 Å². The number of amides is 1. The van der Waals surface area contributed by atoms with Gasteiger partial charge in [0.05, 0.1) is 0 Å².